The number of carbonyl (C=O) groups is 2. The minimum atomic E-state index is -0.898. The number of fused-ring (bicyclic) bond motifs is 1. The maximum absolute atomic E-state index is 13.7. The standard InChI is InChI=1S/C23H24N2O3S/c1-16-7-9-18(10-8-16)15-22(24-11-13-28-14-12-24)23(29-22)21(27)19-5-3-4-6-20(19)25(23)17(2)26/h3-10H,11-15H2,1-2H3. The first kappa shape index (κ1) is 18.9. The van der Waals surface area contributed by atoms with Crippen molar-refractivity contribution in [2.45, 2.75) is 30.0 Å². The number of benzene rings is 2. The lowest BCUT2D eigenvalue weighted by Crippen LogP contribution is -2.57. The second kappa shape index (κ2) is 6.69. The molecule has 1 amide bonds. The number of ether oxygens (including phenoxy) is 1. The number of nitrogens with zero attached hydrogens (tertiary/aromatic N) is 2. The molecule has 0 radical (unpaired) electrons. The fourth-order valence-corrected chi connectivity index (χ4v) is 6.72. The molecule has 0 aliphatic carbocycles. The van der Waals surface area contributed by atoms with Gasteiger partial charge in [-0.3, -0.25) is 19.4 Å². The summed E-state index contributed by atoms with van der Waals surface area (Å²) in [5.41, 5.74) is 3.77. The van der Waals surface area contributed by atoms with E-state index in [9.17, 15) is 9.59 Å². The molecule has 2 saturated heterocycles. The Morgan fingerprint density at radius 1 is 1.10 bits per heavy atom. The van der Waals surface area contributed by atoms with Crippen LogP contribution in [-0.2, 0) is 16.0 Å². The number of ketones is 1. The summed E-state index contributed by atoms with van der Waals surface area (Å²) >= 11 is 1.63. The van der Waals surface area contributed by atoms with E-state index in [1.54, 1.807) is 23.6 Å². The number of carbonyl (C=O) groups excluding carboxylic acids is 2. The molecule has 2 unspecified atom stereocenters. The SMILES string of the molecule is CC(=O)N1c2ccccc2C(=O)C12SC2(Cc1ccc(C)cc1)N1CCOCC1. The molecule has 2 aromatic rings. The van der Waals surface area contributed by atoms with Crippen LogP contribution < -0.4 is 4.90 Å². The first-order valence-corrected chi connectivity index (χ1v) is 10.8. The Bertz CT molecular complexity index is 986. The molecular formula is C23H24N2O3S. The van der Waals surface area contributed by atoms with Gasteiger partial charge in [-0.2, -0.15) is 0 Å². The van der Waals surface area contributed by atoms with Crippen LogP contribution in [0.25, 0.3) is 0 Å². The fraction of sp³-hybridized carbons (Fsp3) is 0.391. The number of aryl methyl sites for hydroxylation is 1. The largest absolute Gasteiger partial charge is 0.379 e. The third-order valence-electron chi connectivity index (χ3n) is 6.22. The summed E-state index contributed by atoms with van der Waals surface area (Å²) in [6, 6.07) is 16.0. The quantitative estimate of drug-likeness (QED) is 0.730. The van der Waals surface area contributed by atoms with Gasteiger partial charge >= 0.3 is 0 Å². The van der Waals surface area contributed by atoms with Crippen LogP contribution in [0.15, 0.2) is 48.5 Å². The van der Waals surface area contributed by atoms with Crippen LogP contribution in [0.5, 0.6) is 0 Å². The summed E-state index contributed by atoms with van der Waals surface area (Å²) in [5, 5.41) is 0. The molecule has 0 N–H and O–H groups in total. The molecule has 1 spiro atoms. The summed E-state index contributed by atoms with van der Waals surface area (Å²) in [5.74, 6) is -0.0401. The first-order valence-electron chi connectivity index (χ1n) is 10.0. The second-order valence-corrected chi connectivity index (χ2v) is 9.46. The maximum Gasteiger partial charge on any atom is 0.225 e. The van der Waals surface area contributed by atoms with E-state index in [0.717, 1.165) is 18.8 Å². The number of Topliss-reactive ketones (excluding diaryl/α,β-unsaturated/α-hetero) is 1. The van der Waals surface area contributed by atoms with E-state index in [4.69, 9.17) is 4.74 Å². The Kier molecular flexibility index (Phi) is 4.35. The van der Waals surface area contributed by atoms with Crippen LogP contribution in [0.3, 0.4) is 0 Å². The highest BCUT2D eigenvalue weighted by Gasteiger charge is 2.81. The van der Waals surface area contributed by atoms with Crippen LogP contribution in [-0.4, -0.2) is 52.6 Å². The molecule has 2 atom stereocenters. The van der Waals surface area contributed by atoms with Crippen molar-refractivity contribution in [3.8, 4) is 0 Å². The van der Waals surface area contributed by atoms with Gasteiger partial charge in [-0.25, -0.2) is 0 Å². The van der Waals surface area contributed by atoms with E-state index in [1.165, 1.54) is 11.1 Å². The normalized spacial score (nSPS) is 28.6. The summed E-state index contributed by atoms with van der Waals surface area (Å²) < 4.78 is 5.59. The predicted octanol–water partition coefficient (Wildman–Crippen LogP) is 3.26. The number of hydrogen-bond donors (Lipinski definition) is 0. The van der Waals surface area contributed by atoms with Crippen molar-refractivity contribution < 1.29 is 14.3 Å². The van der Waals surface area contributed by atoms with Gasteiger partial charge in [0.25, 0.3) is 0 Å². The molecule has 6 heteroatoms. The minimum Gasteiger partial charge on any atom is -0.379 e. The molecule has 5 nitrogen and oxygen atoms in total. The molecule has 0 aromatic heterocycles. The van der Waals surface area contributed by atoms with Crippen LogP contribution in [0.4, 0.5) is 5.69 Å². The third kappa shape index (κ3) is 2.62. The number of amides is 1. The van der Waals surface area contributed by atoms with E-state index >= 15 is 0 Å². The number of morpholine rings is 1. The van der Waals surface area contributed by atoms with Crippen molar-refractivity contribution in [1.82, 2.24) is 4.90 Å². The van der Waals surface area contributed by atoms with Gasteiger partial charge in [0.05, 0.1) is 18.9 Å². The summed E-state index contributed by atoms with van der Waals surface area (Å²) in [7, 11) is 0. The summed E-state index contributed by atoms with van der Waals surface area (Å²) in [6.45, 7) is 6.45. The first-order chi connectivity index (χ1) is 14.0. The van der Waals surface area contributed by atoms with Crippen molar-refractivity contribution in [2.24, 2.45) is 0 Å². The monoisotopic (exact) mass is 408 g/mol. The highest BCUT2D eigenvalue weighted by atomic mass is 32.2. The maximum atomic E-state index is 13.7. The van der Waals surface area contributed by atoms with Crippen LogP contribution in [0.1, 0.15) is 28.4 Å². The number of anilines is 1. The third-order valence-corrected chi connectivity index (χ3v) is 8.05. The van der Waals surface area contributed by atoms with E-state index in [-0.39, 0.29) is 11.7 Å². The Hall–Kier alpha value is -2.15. The molecule has 29 heavy (non-hydrogen) atoms. The van der Waals surface area contributed by atoms with Crippen LogP contribution in [0.2, 0.25) is 0 Å². The zero-order valence-electron chi connectivity index (χ0n) is 16.7. The number of rotatable bonds is 3. The van der Waals surface area contributed by atoms with Crippen molar-refractivity contribution in [3.05, 3.63) is 65.2 Å². The summed E-state index contributed by atoms with van der Waals surface area (Å²) in [4.78, 5) is 29.3. The molecule has 2 aromatic carbocycles. The topological polar surface area (TPSA) is 49.9 Å². The van der Waals surface area contributed by atoms with E-state index in [2.05, 4.69) is 36.1 Å². The fourth-order valence-electron chi connectivity index (χ4n) is 4.82. The van der Waals surface area contributed by atoms with Gasteiger partial charge in [-0.05, 0) is 24.6 Å². The molecule has 2 fully saturated rings. The number of para-hydroxylation sites is 1. The zero-order chi connectivity index (χ0) is 20.2. The van der Waals surface area contributed by atoms with E-state index in [0.29, 0.717) is 25.2 Å². The van der Waals surface area contributed by atoms with E-state index in [1.807, 2.05) is 24.3 Å². The Balaban J connectivity index is 1.62. The minimum absolute atomic E-state index is 0.0481. The van der Waals surface area contributed by atoms with Crippen LogP contribution >= 0.6 is 11.8 Å². The lowest BCUT2D eigenvalue weighted by molar-refractivity contribution is -0.117. The molecular weight excluding hydrogens is 384 g/mol. The van der Waals surface area contributed by atoms with Gasteiger partial charge in [-0.15, -0.1) is 0 Å². The van der Waals surface area contributed by atoms with Gasteiger partial charge in [0, 0.05) is 32.0 Å². The average molecular weight is 409 g/mol. The number of thioether (sulfide) groups is 1. The Morgan fingerprint density at radius 3 is 2.48 bits per heavy atom. The molecule has 3 aliphatic heterocycles. The second-order valence-electron chi connectivity index (χ2n) is 7.99. The zero-order valence-corrected chi connectivity index (χ0v) is 17.5. The lowest BCUT2D eigenvalue weighted by Gasteiger charge is -2.38. The molecule has 3 aliphatic rings. The molecule has 0 saturated carbocycles. The van der Waals surface area contributed by atoms with E-state index < -0.39 is 9.74 Å². The van der Waals surface area contributed by atoms with Gasteiger partial charge < -0.3 is 4.74 Å². The molecule has 3 heterocycles. The lowest BCUT2D eigenvalue weighted by atomic mass is 9.93. The van der Waals surface area contributed by atoms with Gasteiger partial charge in [0.2, 0.25) is 11.7 Å². The highest BCUT2D eigenvalue weighted by Crippen LogP contribution is 2.72. The Morgan fingerprint density at radius 2 is 1.79 bits per heavy atom. The molecule has 0 bridgehead atoms. The van der Waals surface area contributed by atoms with Crippen molar-refractivity contribution in [1.29, 1.82) is 0 Å². The smallest absolute Gasteiger partial charge is 0.225 e. The van der Waals surface area contributed by atoms with Gasteiger partial charge in [0.1, 0.15) is 4.87 Å². The number of hydrogen-bond acceptors (Lipinski definition) is 5. The van der Waals surface area contributed by atoms with Gasteiger partial charge in [0.15, 0.2) is 4.87 Å². The summed E-state index contributed by atoms with van der Waals surface area (Å²) in [6.07, 6.45) is 0.710. The van der Waals surface area contributed by atoms with Gasteiger partial charge in [-0.1, -0.05) is 53.7 Å². The molecule has 150 valence electrons. The average Bonchev–Trinajstić information content (AvgIpc) is 3.32. The predicted molar refractivity (Wildman–Crippen MR) is 114 cm³/mol. The van der Waals surface area contributed by atoms with Crippen LogP contribution in [0, 0.1) is 6.92 Å². The van der Waals surface area contributed by atoms with Crippen molar-refractivity contribution >= 4 is 29.1 Å². The van der Waals surface area contributed by atoms with Crippen molar-refractivity contribution in [2.75, 3.05) is 31.2 Å². The highest BCUT2D eigenvalue weighted by molar-refractivity contribution is 8.10. The van der Waals surface area contributed by atoms with Crippen molar-refractivity contribution in [3.63, 3.8) is 0 Å². The molecule has 5 rings (SSSR count). The Labute approximate surface area is 175 Å².